The summed E-state index contributed by atoms with van der Waals surface area (Å²) in [6.45, 7) is 1.78. The predicted octanol–water partition coefficient (Wildman–Crippen LogP) is 3.21. The Morgan fingerprint density at radius 2 is 2.11 bits per heavy atom. The Labute approximate surface area is 164 Å². The Kier molecular flexibility index (Phi) is 4.74. The number of halogens is 2. The third kappa shape index (κ3) is 3.56. The number of H-pyrrole nitrogens is 1. The molecule has 0 unspecified atom stereocenters. The van der Waals surface area contributed by atoms with Crippen LogP contribution in [0.4, 0.5) is 15.9 Å². The van der Waals surface area contributed by atoms with Crippen LogP contribution in [-0.4, -0.2) is 29.2 Å². The number of aromatic nitrogens is 2. The molecule has 2 aromatic heterocycles. The van der Waals surface area contributed by atoms with E-state index in [4.69, 9.17) is 16.3 Å². The maximum absolute atomic E-state index is 14.0. The van der Waals surface area contributed by atoms with Crippen molar-refractivity contribution in [3.63, 3.8) is 0 Å². The predicted molar refractivity (Wildman–Crippen MR) is 104 cm³/mol. The number of hydrogen-bond acceptors (Lipinski definition) is 5. The second-order valence-electron chi connectivity index (χ2n) is 6.48. The molecule has 4 rings (SSSR count). The summed E-state index contributed by atoms with van der Waals surface area (Å²) in [6, 6.07) is 9.14. The van der Waals surface area contributed by atoms with Crippen molar-refractivity contribution in [1.82, 2.24) is 9.97 Å². The number of benzene rings is 1. The third-order valence-corrected chi connectivity index (χ3v) is 4.74. The van der Waals surface area contributed by atoms with Gasteiger partial charge in [0.25, 0.3) is 11.5 Å². The third-order valence-electron chi connectivity index (χ3n) is 4.50. The van der Waals surface area contributed by atoms with Gasteiger partial charge in [0.1, 0.15) is 19.2 Å². The van der Waals surface area contributed by atoms with Gasteiger partial charge in [-0.25, -0.2) is 4.98 Å². The van der Waals surface area contributed by atoms with Gasteiger partial charge >= 0.3 is 0 Å². The molecule has 3 heterocycles. The van der Waals surface area contributed by atoms with Crippen molar-refractivity contribution in [2.45, 2.75) is 13.0 Å². The van der Waals surface area contributed by atoms with Crippen LogP contribution in [-0.2, 0) is 9.53 Å². The SMILES string of the molecule is C[C@H](Nc1cc(N2COCC2=O)cc(F)n1)c1cc2cc(Cl)ccc2[nH]c1=O. The molecule has 3 aromatic rings. The Bertz CT molecular complexity index is 1130. The Morgan fingerprint density at radius 3 is 2.86 bits per heavy atom. The number of aromatic amines is 1. The maximum Gasteiger partial charge on any atom is 0.254 e. The second kappa shape index (κ2) is 7.21. The highest BCUT2D eigenvalue weighted by atomic mass is 35.5. The van der Waals surface area contributed by atoms with Gasteiger partial charge in [-0.3, -0.25) is 14.5 Å². The van der Waals surface area contributed by atoms with Gasteiger partial charge in [-0.15, -0.1) is 0 Å². The molecule has 2 N–H and O–H groups in total. The first-order chi connectivity index (χ1) is 13.4. The topological polar surface area (TPSA) is 87.3 Å². The lowest BCUT2D eigenvalue weighted by Gasteiger charge is -2.18. The number of carbonyl (C=O) groups excluding carboxylic acids is 1. The van der Waals surface area contributed by atoms with Crippen molar-refractivity contribution < 1.29 is 13.9 Å². The lowest BCUT2D eigenvalue weighted by Crippen LogP contribution is -2.25. The number of nitrogens with one attached hydrogen (secondary N) is 2. The lowest BCUT2D eigenvalue weighted by atomic mass is 10.1. The van der Waals surface area contributed by atoms with Gasteiger partial charge < -0.3 is 15.0 Å². The molecule has 0 aliphatic carbocycles. The summed E-state index contributed by atoms with van der Waals surface area (Å²) in [6.07, 6.45) is 0. The van der Waals surface area contributed by atoms with Crippen molar-refractivity contribution in [3.05, 3.63) is 63.3 Å². The smallest absolute Gasteiger partial charge is 0.254 e. The maximum atomic E-state index is 14.0. The molecule has 1 aliphatic heterocycles. The first-order valence-corrected chi connectivity index (χ1v) is 8.93. The molecule has 0 radical (unpaired) electrons. The summed E-state index contributed by atoms with van der Waals surface area (Å²) in [5, 5.41) is 4.35. The second-order valence-corrected chi connectivity index (χ2v) is 6.92. The van der Waals surface area contributed by atoms with Crippen LogP contribution >= 0.6 is 11.6 Å². The molecule has 1 fully saturated rings. The minimum Gasteiger partial charge on any atom is -0.363 e. The van der Waals surface area contributed by atoms with Gasteiger partial charge in [-0.05, 0) is 31.2 Å². The molecule has 0 bridgehead atoms. The number of hydrogen-bond donors (Lipinski definition) is 2. The fourth-order valence-corrected chi connectivity index (χ4v) is 3.30. The van der Waals surface area contributed by atoms with Crippen LogP contribution < -0.4 is 15.8 Å². The van der Waals surface area contributed by atoms with E-state index in [1.807, 2.05) is 0 Å². The molecule has 7 nitrogen and oxygen atoms in total. The van der Waals surface area contributed by atoms with E-state index in [9.17, 15) is 14.0 Å². The monoisotopic (exact) mass is 402 g/mol. The zero-order valence-corrected chi connectivity index (χ0v) is 15.6. The first-order valence-electron chi connectivity index (χ1n) is 8.55. The largest absolute Gasteiger partial charge is 0.363 e. The highest BCUT2D eigenvalue weighted by Crippen LogP contribution is 2.25. The average Bonchev–Trinajstić information content (AvgIpc) is 3.07. The van der Waals surface area contributed by atoms with Crippen LogP contribution in [0.15, 0.2) is 41.2 Å². The molecule has 0 saturated carbocycles. The molecule has 144 valence electrons. The number of rotatable bonds is 4. The van der Waals surface area contributed by atoms with Crippen molar-refractivity contribution in [3.8, 4) is 0 Å². The summed E-state index contributed by atoms with van der Waals surface area (Å²) < 4.78 is 19.1. The minimum absolute atomic E-state index is 0.0435. The van der Waals surface area contributed by atoms with Crippen LogP contribution in [0.25, 0.3) is 10.9 Å². The number of ether oxygens (including phenoxy) is 1. The average molecular weight is 403 g/mol. The van der Waals surface area contributed by atoms with E-state index in [1.54, 1.807) is 31.2 Å². The molecular weight excluding hydrogens is 387 g/mol. The minimum atomic E-state index is -0.744. The summed E-state index contributed by atoms with van der Waals surface area (Å²) in [5.74, 6) is -0.800. The normalized spacial score (nSPS) is 15.2. The molecule has 1 aromatic carbocycles. The quantitative estimate of drug-likeness (QED) is 0.654. The molecule has 1 aliphatic rings. The van der Waals surface area contributed by atoms with Gasteiger partial charge in [0.15, 0.2) is 0 Å². The summed E-state index contributed by atoms with van der Waals surface area (Å²) in [4.78, 5) is 32.2. The van der Waals surface area contributed by atoms with Crippen molar-refractivity contribution in [2.75, 3.05) is 23.6 Å². The number of nitrogens with zero attached hydrogens (tertiary/aromatic N) is 2. The molecule has 1 saturated heterocycles. The molecular formula is C19H16ClFN4O3. The number of anilines is 2. The molecule has 0 spiro atoms. The Hall–Kier alpha value is -2.97. The number of fused-ring (bicyclic) bond motifs is 1. The fraction of sp³-hybridized carbons (Fsp3) is 0.211. The van der Waals surface area contributed by atoms with Crippen molar-refractivity contribution in [1.29, 1.82) is 0 Å². The van der Waals surface area contributed by atoms with Gasteiger partial charge in [-0.2, -0.15) is 4.39 Å². The first kappa shape index (κ1) is 18.4. The van der Waals surface area contributed by atoms with Crippen LogP contribution in [0.3, 0.4) is 0 Å². The van der Waals surface area contributed by atoms with E-state index in [1.165, 1.54) is 11.0 Å². The number of pyridine rings is 2. The van der Waals surface area contributed by atoms with Crippen molar-refractivity contribution >= 4 is 39.9 Å². The summed E-state index contributed by atoms with van der Waals surface area (Å²) >= 11 is 6.03. The van der Waals surface area contributed by atoms with E-state index in [0.717, 1.165) is 11.5 Å². The highest BCUT2D eigenvalue weighted by molar-refractivity contribution is 6.31. The highest BCUT2D eigenvalue weighted by Gasteiger charge is 2.24. The van der Waals surface area contributed by atoms with Crippen LogP contribution in [0.2, 0.25) is 5.02 Å². The van der Waals surface area contributed by atoms with E-state index < -0.39 is 12.0 Å². The van der Waals surface area contributed by atoms with Crippen molar-refractivity contribution in [2.24, 2.45) is 0 Å². The fourth-order valence-electron chi connectivity index (χ4n) is 3.12. The van der Waals surface area contributed by atoms with Gasteiger partial charge in [0, 0.05) is 33.6 Å². The molecule has 1 atom stereocenters. The Morgan fingerprint density at radius 1 is 1.29 bits per heavy atom. The Balaban J connectivity index is 1.65. The number of amides is 1. The standard InChI is InChI=1S/C19H16ClFN4O3/c1-10(14-5-11-4-12(20)2-3-15(11)23-19(14)27)22-17-7-13(6-16(21)24-17)25-9-28-8-18(25)26/h2-7,10H,8-9H2,1H3,(H,22,24)(H,23,27)/t10-/m0/s1. The van der Waals surface area contributed by atoms with E-state index in [0.29, 0.717) is 21.8 Å². The summed E-state index contributed by atoms with van der Waals surface area (Å²) in [5.41, 5.74) is 1.19. The van der Waals surface area contributed by atoms with Crippen LogP contribution in [0, 0.1) is 5.95 Å². The van der Waals surface area contributed by atoms with Gasteiger partial charge in [-0.1, -0.05) is 11.6 Å². The zero-order chi connectivity index (χ0) is 19.8. The van der Waals surface area contributed by atoms with E-state index in [2.05, 4.69) is 15.3 Å². The van der Waals surface area contributed by atoms with Gasteiger partial charge in [0.05, 0.1) is 11.7 Å². The lowest BCUT2D eigenvalue weighted by molar-refractivity contribution is -0.117. The molecule has 1 amide bonds. The number of carbonyl (C=O) groups is 1. The zero-order valence-electron chi connectivity index (χ0n) is 14.8. The van der Waals surface area contributed by atoms with E-state index >= 15 is 0 Å². The molecule has 9 heteroatoms. The van der Waals surface area contributed by atoms with Crippen LogP contribution in [0.1, 0.15) is 18.5 Å². The van der Waals surface area contributed by atoms with Crippen LogP contribution in [0.5, 0.6) is 0 Å². The summed E-state index contributed by atoms with van der Waals surface area (Å²) in [7, 11) is 0. The van der Waals surface area contributed by atoms with E-state index in [-0.39, 0.29) is 30.6 Å². The van der Waals surface area contributed by atoms with Gasteiger partial charge in [0.2, 0.25) is 5.95 Å². The molecule has 28 heavy (non-hydrogen) atoms.